The van der Waals surface area contributed by atoms with Gasteiger partial charge in [0.25, 0.3) is 0 Å². The van der Waals surface area contributed by atoms with Crippen LogP contribution in [0.25, 0.3) is 0 Å². The minimum absolute atomic E-state index is 0.244. The van der Waals surface area contributed by atoms with Crippen molar-refractivity contribution in [3.05, 3.63) is 54.1 Å². The zero-order valence-corrected chi connectivity index (χ0v) is 13.8. The van der Waals surface area contributed by atoms with E-state index in [1.807, 2.05) is 43.3 Å². The van der Waals surface area contributed by atoms with Crippen LogP contribution in [-0.4, -0.2) is 31.0 Å². The Hall–Kier alpha value is -2.20. The molecule has 0 aromatic heterocycles. The van der Waals surface area contributed by atoms with E-state index in [0.29, 0.717) is 13.2 Å². The van der Waals surface area contributed by atoms with Crippen LogP contribution in [0, 0.1) is 0 Å². The molecule has 0 aliphatic heterocycles. The quantitative estimate of drug-likeness (QED) is 0.743. The van der Waals surface area contributed by atoms with Crippen LogP contribution in [0.1, 0.15) is 19.4 Å². The van der Waals surface area contributed by atoms with Gasteiger partial charge in [-0.15, -0.1) is 0 Å². The number of nitrogens with one attached hydrogen (secondary N) is 1. The average molecular weight is 315 g/mol. The first-order valence-electron chi connectivity index (χ1n) is 8.07. The summed E-state index contributed by atoms with van der Waals surface area (Å²) >= 11 is 0. The SMILES string of the molecule is CCOc1ccc(OCC(O)CNc2ccc(CC)cc2)cc1. The van der Waals surface area contributed by atoms with Gasteiger partial charge in [-0.1, -0.05) is 19.1 Å². The predicted octanol–water partition coefficient (Wildman–Crippen LogP) is 3.50. The first-order chi connectivity index (χ1) is 11.2. The van der Waals surface area contributed by atoms with E-state index in [2.05, 4.69) is 24.4 Å². The fourth-order valence-electron chi connectivity index (χ4n) is 2.14. The normalized spacial score (nSPS) is 11.8. The van der Waals surface area contributed by atoms with Crippen LogP contribution in [0.3, 0.4) is 0 Å². The Kier molecular flexibility index (Phi) is 6.76. The molecule has 0 fully saturated rings. The number of aliphatic hydroxyl groups excluding tert-OH is 1. The lowest BCUT2D eigenvalue weighted by molar-refractivity contribution is 0.117. The molecule has 2 aromatic carbocycles. The number of ether oxygens (including phenoxy) is 2. The molecular formula is C19H25NO3. The van der Waals surface area contributed by atoms with Gasteiger partial charge in [0.1, 0.15) is 24.2 Å². The summed E-state index contributed by atoms with van der Waals surface area (Å²) in [5.41, 5.74) is 2.30. The summed E-state index contributed by atoms with van der Waals surface area (Å²) in [6.07, 6.45) is 0.450. The van der Waals surface area contributed by atoms with Gasteiger partial charge in [-0.3, -0.25) is 0 Å². The number of rotatable bonds is 9. The maximum Gasteiger partial charge on any atom is 0.119 e. The highest BCUT2D eigenvalue weighted by Crippen LogP contribution is 2.17. The molecule has 0 saturated carbocycles. The largest absolute Gasteiger partial charge is 0.494 e. The minimum atomic E-state index is -0.576. The van der Waals surface area contributed by atoms with Gasteiger partial charge in [0.15, 0.2) is 0 Å². The third kappa shape index (κ3) is 5.83. The Morgan fingerprint density at radius 1 is 0.913 bits per heavy atom. The van der Waals surface area contributed by atoms with Crippen molar-refractivity contribution in [1.29, 1.82) is 0 Å². The summed E-state index contributed by atoms with van der Waals surface area (Å²) in [7, 11) is 0. The highest BCUT2D eigenvalue weighted by molar-refractivity contribution is 5.44. The molecule has 2 rings (SSSR count). The molecule has 0 aliphatic carbocycles. The van der Waals surface area contributed by atoms with Gasteiger partial charge in [-0.25, -0.2) is 0 Å². The molecule has 0 saturated heterocycles. The molecule has 23 heavy (non-hydrogen) atoms. The zero-order chi connectivity index (χ0) is 16.5. The Morgan fingerprint density at radius 3 is 2.09 bits per heavy atom. The fourth-order valence-corrected chi connectivity index (χ4v) is 2.14. The second-order valence-electron chi connectivity index (χ2n) is 5.30. The topological polar surface area (TPSA) is 50.7 Å². The van der Waals surface area contributed by atoms with E-state index in [0.717, 1.165) is 23.6 Å². The van der Waals surface area contributed by atoms with Gasteiger partial charge < -0.3 is 19.9 Å². The predicted molar refractivity (Wildman–Crippen MR) is 93.4 cm³/mol. The van der Waals surface area contributed by atoms with Crippen LogP contribution in [0.15, 0.2) is 48.5 Å². The van der Waals surface area contributed by atoms with Crippen molar-refractivity contribution >= 4 is 5.69 Å². The molecule has 4 nitrogen and oxygen atoms in total. The summed E-state index contributed by atoms with van der Waals surface area (Å²) in [5, 5.41) is 13.2. The van der Waals surface area contributed by atoms with Gasteiger partial charge in [0.05, 0.1) is 6.61 Å². The average Bonchev–Trinajstić information content (AvgIpc) is 2.60. The van der Waals surface area contributed by atoms with E-state index in [-0.39, 0.29) is 6.61 Å². The molecule has 0 heterocycles. The zero-order valence-electron chi connectivity index (χ0n) is 13.8. The summed E-state index contributed by atoms with van der Waals surface area (Å²) in [6, 6.07) is 15.6. The third-order valence-electron chi connectivity index (χ3n) is 3.48. The molecule has 1 unspecified atom stereocenters. The van der Waals surface area contributed by atoms with Crippen LogP contribution < -0.4 is 14.8 Å². The Bertz CT molecular complexity index is 566. The molecule has 0 aliphatic rings. The van der Waals surface area contributed by atoms with E-state index >= 15 is 0 Å². The lowest BCUT2D eigenvalue weighted by Gasteiger charge is -2.14. The van der Waals surface area contributed by atoms with Crippen LogP contribution >= 0.6 is 0 Å². The van der Waals surface area contributed by atoms with E-state index < -0.39 is 6.10 Å². The van der Waals surface area contributed by atoms with E-state index in [9.17, 15) is 5.11 Å². The van der Waals surface area contributed by atoms with Crippen LogP contribution in [0.5, 0.6) is 11.5 Å². The number of aliphatic hydroxyl groups is 1. The minimum Gasteiger partial charge on any atom is -0.494 e. The number of hydrogen-bond donors (Lipinski definition) is 2. The van der Waals surface area contributed by atoms with Crippen molar-refractivity contribution in [3.8, 4) is 11.5 Å². The maximum absolute atomic E-state index is 10.00. The second-order valence-corrected chi connectivity index (χ2v) is 5.30. The summed E-state index contributed by atoms with van der Waals surface area (Å²) in [5.74, 6) is 1.54. The molecular weight excluding hydrogens is 290 g/mol. The standard InChI is InChI=1S/C19H25NO3/c1-3-15-5-7-16(8-6-15)20-13-17(21)14-23-19-11-9-18(10-12-19)22-4-2/h5-12,17,20-21H,3-4,13-14H2,1-2H3. The molecule has 0 bridgehead atoms. The molecule has 2 aromatic rings. The second kappa shape index (κ2) is 9.06. The third-order valence-corrected chi connectivity index (χ3v) is 3.48. The van der Waals surface area contributed by atoms with Crippen LogP contribution in [-0.2, 0) is 6.42 Å². The van der Waals surface area contributed by atoms with Crippen molar-refractivity contribution < 1.29 is 14.6 Å². The van der Waals surface area contributed by atoms with Crippen molar-refractivity contribution in [1.82, 2.24) is 0 Å². The highest BCUT2D eigenvalue weighted by atomic mass is 16.5. The van der Waals surface area contributed by atoms with Gasteiger partial charge in [0, 0.05) is 12.2 Å². The first kappa shape index (κ1) is 17.2. The van der Waals surface area contributed by atoms with E-state index in [1.54, 1.807) is 0 Å². The summed E-state index contributed by atoms with van der Waals surface area (Å²) < 4.78 is 11.0. The molecule has 4 heteroatoms. The number of anilines is 1. The molecule has 0 amide bonds. The number of aryl methyl sites for hydroxylation is 1. The maximum atomic E-state index is 10.00. The van der Waals surface area contributed by atoms with Crippen LogP contribution in [0.2, 0.25) is 0 Å². The van der Waals surface area contributed by atoms with Gasteiger partial charge in [-0.05, 0) is 55.3 Å². The molecule has 0 spiro atoms. The molecule has 1 atom stereocenters. The lowest BCUT2D eigenvalue weighted by atomic mass is 10.1. The highest BCUT2D eigenvalue weighted by Gasteiger charge is 2.05. The van der Waals surface area contributed by atoms with Crippen molar-refractivity contribution in [3.63, 3.8) is 0 Å². The van der Waals surface area contributed by atoms with Crippen molar-refractivity contribution in [2.75, 3.05) is 25.1 Å². The Labute approximate surface area is 138 Å². The number of benzene rings is 2. The fraction of sp³-hybridized carbons (Fsp3) is 0.368. The van der Waals surface area contributed by atoms with E-state index in [4.69, 9.17) is 9.47 Å². The first-order valence-corrected chi connectivity index (χ1v) is 8.07. The van der Waals surface area contributed by atoms with Gasteiger partial charge >= 0.3 is 0 Å². The lowest BCUT2D eigenvalue weighted by Crippen LogP contribution is -2.26. The summed E-state index contributed by atoms with van der Waals surface area (Å²) in [4.78, 5) is 0. The summed E-state index contributed by atoms with van der Waals surface area (Å²) in [6.45, 7) is 5.41. The van der Waals surface area contributed by atoms with Crippen molar-refractivity contribution in [2.24, 2.45) is 0 Å². The Balaban J connectivity index is 1.72. The van der Waals surface area contributed by atoms with Crippen molar-refractivity contribution in [2.45, 2.75) is 26.4 Å². The molecule has 2 N–H and O–H groups in total. The van der Waals surface area contributed by atoms with Gasteiger partial charge in [-0.2, -0.15) is 0 Å². The number of hydrogen-bond acceptors (Lipinski definition) is 4. The Morgan fingerprint density at radius 2 is 1.52 bits per heavy atom. The monoisotopic (exact) mass is 315 g/mol. The molecule has 124 valence electrons. The van der Waals surface area contributed by atoms with E-state index in [1.165, 1.54) is 5.56 Å². The van der Waals surface area contributed by atoms with Gasteiger partial charge in [0.2, 0.25) is 0 Å². The molecule has 0 radical (unpaired) electrons. The van der Waals surface area contributed by atoms with Crippen LogP contribution in [0.4, 0.5) is 5.69 Å². The smallest absolute Gasteiger partial charge is 0.119 e.